The molecule has 1 saturated heterocycles. The fraction of sp³-hybridized carbons (Fsp3) is 0.450. The van der Waals surface area contributed by atoms with Gasteiger partial charge in [0, 0.05) is 19.2 Å². The van der Waals surface area contributed by atoms with E-state index in [0.29, 0.717) is 24.7 Å². The molecule has 2 rings (SSSR count). The van der Waals surface area contributed by atoms with Crippen LogP contribution in [0.1, 0.15) is 24.8 Å². The first-order valence-corrected chi connectivity index (χ1v) is 8.83. The van der Waals surface area contributed by atoms with E-state index in [-0.39, 0.29) is 5.91 Å². The number of carbonyl (C=O) groups is 1. The minimum atomic E-state index is -0.0806. The van der Waals surface area contributed by atoms with E-state index < -0.39 is 0 Å². The first-order chi connectivity index (χ1) is 12.2. The summed E-state index contributed by atoms with van der Waals surface area (Å²) in [5.41, 5.74) is 0.883. The Labute approximate surface area is 150 Å². The van der Waals surface area contributed by atoms with Gasteiger partial charge < -0.3 is 19.7 Å². The molecule has 25 heavy (non-hydrogen) atoms. The fourth-order valence-electron chi connectivity index (χ4n) is 2.81. The molecule has 5 nitrogen and oxygen atoms in total. The highest BCUT2D eigenvalue weighted by atomic mass is 16.5. The maximum absolute atomic E-state index is 11.9. The average Bonchev–Trinajstić information content (AvgIpc) is 2.65. The van der Waals surface area contributed by atoms with Crippen molar-refractivity contribution in [1.29, 1.82) is 0 Å². The molecule has 1 N–H and O–H groups in total. The van der Waals surface area contributed by atoms with Crippen LogP contribution < -0.4 is 14.8 Å². The smallest absolute Gasteiger partial charge is 0.244 e. The zero-order valence-electron chi connectivity index (χ0n) is 15.0. The molecular formula is C20H28N2O3. The van der Waals surface area contributed by atoms with Crippen LogP contribution in [-0.2, 0) is 4.79 Å². The number of likely N-dealkylation sites (tertiary alicyclic amines) is 1. The summed E-state index contributed by atoms with van der Waals surface area (Å²) in [6, 6.07) is 5.56. The number of carbonyl (C=O) groups excluding carboxylic acids is 1. The summed E-state index contributed by atoms with van der Waals surface area (Å²) < 4.78 is 10.8. The van der Waals surface area contributed by atoms with Gasteiger partial charge in [0.15, 0.2) is 11.5 Å². The minimum Gasteiger partial charge on any atom is -0.493 e. The summed E-state index contributed by atoms with van der Waals surface area (Å²) in [5, 5.41) is 2.93. The van der Waals surface area contributed by atoms with E-state index in [9.17, 15) is 4.79 Å². The molecule has 0 spiro atoms. The van der Waals surface area contributed by atoms with Gasteiger partial charge in [-0.3, -0.25) is 4.79 Å². The highest BCUT2D eigenvalue weighted by molar-refractivity contribution is 5.91. The molecule has 0 atom stereocenters. The third-order valence-electron chi connectivity index (χ3n) is 4.15. The Morgan fingerprint density at radius 3 is 2.80 bits per heavy atom. The number of benzene rings is 1. The summed E-state index contributed by atoms with van der Waals surface area (Å²) >= 11 is 0. The number of amides is 1. The molecule has 0 bridgehead atoms. The molecule has 5 heteroatoms. The summed E-state index contributed by atoms with van der Waals surface area (Å²) in [6.07, 6.45) is 8.86. The van der Waals surface area contributed by atoms with Crippen molar-refractivity contribution in [2.75, 3.05) is 39.9 Å². The van der Waals surface area contributed by atoms with E-state index in [2.05, 4.69) is 16.8 Å². The summed E-state index contributed by atoms with van der Waals surface area (Å²) in [7, 11) is 1.59. The second-order valence-corrected chi connectivity index (χ2v) is 6.04. The van der Waals surface area contributed by atoms with E-state index in [0.717, 1.165) is 25.2 Å². The number of nitrogens with one attached hydrogen (secondary N) is 1. The van der Waals surface area contributed by atoms with Gasteiger partial charge in [-0.15, -0.1) is 0 Å². The monoisotopic (exact) mass is 344 g/mol. The van der Waals surface area contributed by atoms with E-state index in [1.807, 2.05) is 18.2 Å². The van der Waals surface area contributed by atoms with Crippen LogP contribution in [0.4, 0.5) is 0 Å². The van der Waals surface area contributed by atoms with E-state index in [1.54, 1.807) is 25.3 Å². The third kappa shape index (κ3) is 6.63. The highest BCUT2D eigenvalue weighted by Gasteiger charge is 2.09. The zero-order chi connectivity index (χ0) is 17.9. The van der Waals surface area contributed by atoms with Crippen LogP contribution in [0.15, 0.2) is 36.9 Å². The van der Waals surface area contributed by atoms with Crippen LogP contribution in [0.25, 0.3) is 6.08 Å². The lowest BCUT2D eigenvalue weighted by Crippen LogP contribution is -2.37. The van der Waals surface area contributed by atoms with Gasteiger partial charge in [0.25, 0.3) is 0 Å². The van der Waals surface area contributed by atoms with Gasteiger partial charge in [0.1, 0.15) is 6.61 Å². The topological polar surface area (TPSA) is 50.8 Å². The Balaban J connectivity index is 1.81. The van der Waals surface area contributed by atoms with Crippen LogP contribution in [0.5, 0.6) is 11.5 Å². The lowest BCUT2D eigenvalue weighted by atomic mass is 10.1. The number of hydrogen-bond acceptors (Lipinski definition) is 4. The van der Waals surface area contributed by atoms with Crippen LogP contribution in [0, 0.1) is 0 Å². The molecular weight excluding hydrogens is 316 g/mol. The molecule has 0 radical (unpaired) electrons. The number of hydrogen-bond donors (Lipinski definition) is 1. The van der Waals surface area contributed by atoms with Crippen LogP contribution in [0.2, 0.25) is 0 Å². The van der Waals surface area contributed by atoms with Crippen molar-refractivity contribution in [1.82, 2.24) is 10.2 Å². The predicted molar refractivity (Wildman–Crippen MR) is 101 cm³/mol. The average molecular weight is 344 g/mol. The van der Waals surface area contributed by atoms with Gasteiger partial charge in [-0.2, -0.15) is 0 Å². The van der Waals surface area contributed by atoms with Crippen molar-refractivity contribution in [3.05, 3.63) is 42.5 Å². The van der Waals surface area contributed by atoms with Crippen molar-refractivity contribution in [2.45, 2.75) is 19.3 Å². The zero-order valence-corrected chi connectivity index (χ0v) is 15.0. The van der Waals surface area contributed by atoms with Crippen molar-refractivity contribution >= 4 is 12.0 Å². The van der Waals surface area contributed by atoms with Crippen LogP contribution in [-0.4, -0.2) is 50.7 Å². The minimum absolute atomic E-state index is 0.0806. The lowest BCUT2D eigenvalue weighted by molar-refractivity contribution is -0.116. The van der Waals surface area contributed by atoms with Crippen molar-refractivity contribution in [3.63, 3.8) is 0 Å². The van der Waals surface area contributed by atoms with E-state index in [1.165, 1.54) is 19.3 Å². The summed E-state index contributed by atoms with van der Waals surface area (Å²) in [4.78, 5) is 14.3. The molecule has 0 aliphatic carbocycles. The first-order valence-electron chi connectivity index (χ1n) is 8.83. The second-order valence-electron chi connectivity index (χ2n) is 6.04. The SMILES string of the molecule is C=CCOc1ccc(C=CC(=O)NCCN2CCCCC2)cc1OC. The Hall–Kier alpha value is -2.27. The fourth-order valence-corrected chi connectivity index (χ4v) is 2.81. The molecule has 1 aliphatic heterocycles. The number of nitrogens with zero attached hydrogens (tertiary/aromatic N) is 1. The van der Waals surface area contributed by atoms with Crippen LogP contribution in [0.3, 0.4) is 0 Å². The number of rotatable bonds is 9. The van der Waals surface area contributed by atoms with Crippen molar-refractivity contribution in [2.24, 2.45) is 0 Å². The maximum Gasteiger partial charge on any atom is 0.244 e. The standard InChI is InChI=1S/C20H28N2O3/c1-3-15-25-18-9-7-17(16-19(18)24-2)8-10-20(23)21-11-14-22-12-5-4-6-13-22/h3,7-10,16H,1,4-6,11-15H2,2H3,(H,21,23). The van der Waals surface area contributed by atoms with Gasteiger partial charge in [-0.1, -0.05) is 25.1 Å². The third-order valence-corrected chi connectivity index (χ3v) is 4.15. The Morgan fingerprint density at radius 1 is 1.28 bits per heavy atom. The molecule has 136 valence electrons. The van der Waals surface area contributed by atoms with E-state index in [4.69, 9.17) is 9.47 Å². The van der Waals surface area contributed by atoms with Gasteiger partial charge in [0.05, 0.1) is 7.11 Å². The molecule has 0 unspecified atom stereocenters. The number of piperidine rings is 1. The molecule has 1 heterocycles. The Bertz CT molecular complexity index is 593. The van der Waals surface area contributed by atoms with Crippen molar-refractivity contribution < 1.29 is 14.3 Å². The molecule has 1 aromatic carbocycles. The van der Waals surface area contributed by atoms with E-state index >= 15 is 0 Å². The van der Waals surface area contributed by atoms with Gasteiger partial charge in [-0.05, 0) is 49.7 Å². The largest absolute Gasteiger partial charge is 0.493 e. The Kier molecular flexibility index (Phi) is 8.05. The molecule has 1 aromatic rings. The molecule has 1 aliphatic rings. The van der Waals surface area contributed by atoms with Gasteiger partial charge >= 0.3 is 0 Å². The number of methoxy groups -OCH3 is 1. The lowest BCUT2D eigenvalue weighted by Gasteiger charge is -2.26. The van der Waals surface area contributed by atoms with Gasteiger partial charge in [-0.25, -0.2) is 0 Å². The van der Waals surface area contributed by atoms with Crippen molar-refractivity contribution in [3.8, 4) is 11.5 Å². The first kappa shape index (κ1) is 19.1. The normalized spacial score (nSPS) is 15.1. The van der Waals surface area contributed by atoms with Gasteiger partial charge in [0.2, 0.25) is 5.91 Å². The second kappa shape index (κ2) is 10.6. The molecule has 1 fully saturated rings. The number of ether oxygens (including phenoxy) is 2. The Morgan fingerprint density at radius 2 is 2.08 bits per heavy atom. The quantitative estimate of drug-likeness (QED) is 0.553. The molecule has 1 amide bonds. The van der Waals surface area contributed by atoms with Crippen LogP contribution >= 0.6 is 0 Å². The predicted octanol–water partition coefficient (Wildman–Crippen LogP) is 2.88. The summed E-state index contributed by atoms with van der Waals surface area (Å²) in [5.74, 6) is 1.21. The summed E-state index contributed by atoms with van der Waals surface area (Å²) in [6.45, 7) is 7.94. The highest BCUT2D eigenvalue weighted by Crippen LogP contribution is 2.28. The maximum atomic E-state index is 11.9. The molecule has 0 aromatic heterocycles. The molecule has 0 saturated carbocycles.